The molecule has 0 saturated heterocycles. The number of aliphatic hydroxyl groups is 1. The van der Waals surface area contributed by atoms with Crippen LogP contribution in [-0.2, 0) is 4.79 Å². The predicted molar refractivity (Wildman–Crippen MR) is 83.6 cm³/mol. The molecule has 1 fully saturated rings. The zero-order valence-corrected chi connectivity index (χ0v) is 13.2. The maximum absolute atomic E-state index is 11.6. The molecule has 0 aromatic rings. The van der Waals surface area contributed by atoms with Crippen molar-refractivity contribution in [3.8, 4) is 0 Å². The summed E-state index contributed by atoms with van der Waals surface area (Å²) in [7, 11) is 0. The molecule has 1 atom stereocenters. The molecule has 0 aliphatic heterocycles. The van der Waals surface area contributed by atoms with Gasteiger partial charge in [0.15, 0.2) is 0 Å². The van der Waals surface area contributed by atoms with Crippen LogP contribution < -0.4 is 5.32 Å². The largest absolute Gasteiger partial charge is 0.391 e. The summed E-state index contributed by atoms with van der Waals surface area (Å²) >= 11 is 0. The minimum absolute atomic E-state index is 0.104. The molecule has 1 saturated carbocycles. The molecule has 0 spiro atoms. The van der Waals surface area contributed by atoms with Gasteiger partial charge < -0.3 is 10.4 Å². The summed E-state index contributed by atoms with van der Waals surface area (Å²) in [6, 6.07) is 0. The van der Waals surface area contributed by atoms with Crippen LogP contribution in [0.3, 0.4) is 0 Å². The molecule has 3 heteroatoms. The van der Waals surface area contributed by atoms with Crippen LogP contribution in [0.1, 0.15) is 84.0 Å². The summed E-state index contributed by atoms with van der Waals surface area (Å²) in [5.74, 6) is 0.552. The second kappa shape index (κ2) is 11.1. The van der Waals surface area contributed by atoms with Gasteiger partial charge in [-0.05, 0) is 25.2 Å². The van der Waals surface area contributed by atoms with E-state index in [1.807, 2.05) is 0 Å². The van der Waals surface area contributed by atoms with E-state index < -0.39 is 0 Å². The Balaban J connectivity index is 1.79. The number of amides is 1. The van der Waals surface area contributed by atoms with Gasteiger partial charge in [-0.1, -0.05) is 58.3 Å². The third kappa shape index (κ3) is 9.35. The van der Waals surface area contributed by atoms with Gasteiger partial charge in [-0.25, -0.2) is 0 Å². The van der Waals surface area contributed by atoms with Gasteiger partial charge in [0.1, 0.15) is 0 Å². The molecular formula is C17H33NO2. The predicted octanol–water partition coefficient (Wildman–Crippen LogP) is 3.79. The molecule has 1 aliphatic rings. The fraction of sp³-hybridized carbons (Fsp3) is 0.941. The molecule has 1 aliphatic carbocycles. The molecule has 1 rings (SSSR count). The highest BCUT2D eigenvalue weighted by Crippen LogP contribution is 2.32. The lowest BCUT2D eigenvalue weighted by Crippen LogP contribution is -2.32. The van der Waals surface area contributed by atoms with Crippen molar-refractivity contribution in [2.24, 2.45) is 5.92 Å². The average molecular weight is 283 g/mol. The summed E-state index contributed by atoms with van der Waals surface area (Å²) in [4.78, 5) is 11.6. The first-order valence-corrected chi connectivity index (χ1v) is 8.68. The fourth-order valence-corrected chi connectivity index (χ4v) is 2.55. The lowest BCUT2D eigenvalue weighted by molar-refractivity contribution is -0.121. The Hall–Kier alpha value is -0.570. The van der Waals surface area contributed by atoms with E-state index in [2.05, 4.69) is 12.2 Å². The highest BCUT2D eigenvalue weighted by atomic mass is 16.3. The molecule has 1 unspecified atom stereocenters. The molecule has 1 amide bonds. The summed E-state index contributed by atoms with van der Waals surface area (Å²) in [5.41, 5.74) is 0. The van der Waals surface area contributed by atoms with Crippen LogP contribution in [0, 0.1) is 5.92 Å². The molecule has 0 aromatic carbocycles. The van der Waals surface area contributed by atoms with Crippen LogP contribution in [0.25, 0.3) is 0 Å². The number of rotatable bonds is 13. The van der Waals surface area contributed by atoms with Crippen molar-refractivity contribution >= 4 is 5.91 Å². The maximum atomic E-state index is 11.6. The number of aliphatic hydroxyl groups excluding tert-OH is 1. The average Bonchev–Trinajstić information content (AvgIpc) is 3.27. The van der Waals surface area contributed by atoms with E-state index in [4.69, 9.17) is 0 Å². The third-order valence-electron chi connectivity index (χ3n) is 4.18. The number of carbonyl (C=O) groups excluding carboxylic acids is 1. The number of hydrogen-bond donors (Lipinski definition) is 2. The van der Waals surface area contributed by atoms with Crippen LogP contribution in [0.5, 0.6) is 0 Å². The Morgan fingerprint density at radius 2 is 1.60 bits per heavy atom. The van der Waals surface area contributed by atoms with Crippen LogP contribution in [0.2, 0.25) is 0 Å². The van der Waals surface area contributed by atoms with Crippen molar-refractivity contribution in [3.63, 3.8) is 0 Å². The molecular weight excluding hydrogens is 250 g/mol. The van der Waals surface area contributed by atoms with Crippen molar-refractivity contribution in [2.45, 2.75) is 90.1 Å². The highest BCUT2D eigenvalue weighted by molar-refractivity contribution is 5.75. The van der Waals surface area contributed by atoms with Gasteiger partial charge in [0, 0.05) is 13.0 Å². The minimum atomic E-state index is -0.318. The first kappa shape index (κ1) is 17.5. The topological polar surface area (TPSA) is 49.3 Å². The third-order valence-corrected chi connectivity index (χ3v) is 4.18. The maximum Gasteiger partial charge on any atom is 0.220 e. The highest BCUT2D eigenvalue weighted by Gasteiger charge is 2.29. The molecule has 0 heterocycles. The van der Waals surface area contributed by atoms with Gasteiger partial charge in [0.05, 0.1) is 6.10 Å². The van der Waals surface area contributed by atoms with E-state index in [9.17, 15) is 9.90 Å². The SMILES string of the molecule is CCCCCCCCCCCC(=O)NCC(O)C1CC1. The lowest BCUT2D eigenvalue weighted by atomic mass is 10.1. The smallest absolute Gasteiger partial charge is 0.220 e. The Morgan fingerprint density at radius 1 is 1.05 bits per heavy atom. The van der Waals surface area contributed by atoms with Crippen molar-refractivity contribution in [1.82, 2.24) is 5.32 Å². The number of hydrogen-bond acceptors (Lipinski definition) is 2. The van der Waals surface area contributed by atoms with E-state index in [-0.39, 0.29) is 12.0 Å². The van der Waals surface area contributed by atoms with Crippen molar-refractivity contribution in [3.05, 3.63) is 0 Å². The van der Waals surface area contributed by atoms with Crippen LogP contribution >= 0.6 is 0 Å². The molecule has 0 radical (unpaired) electrons. The van der Waals surface area contributed by atoms with Crippen molar-refractivity contribution in [1.29, 1.82) is 0 Å². The number of carbonyl (C=O) groups is 1. The Kier molecular flexibility index (Phi) is 9.73. The molecule has 2 N–H and O–H groups in total. The van der Waals surface area contributed by atoms with Crippen LogP contribution in [0.4, 0.5) is 0 Å². The Labute approximate surface area is 124 Å². The second-order valence-electron chi connectivity index (χ2n) is 6.29. The zero-order valence-electron chi connectivity index (χ0n) is 13.2. The number of unbranched alkanes of at least 4 members (excludes halogenated alkanes) is 8. The van der Waals surface area contributed by atoms with Gasteiger partial charge in [-0.2, -0.15) is 0 Å². The summed E-state index contributed by atoms with van der Waals surface area (Å²) in [6.45, 7) is 2.69. The summed E-state index contributed by atoms with van der Waals surface area (Å²) in [6.07, 6.45) is 14.0. The van der Waals surface area contributed by atoms with E-state index in [0.717, 1.165) is 25.7 Å². The van der Waals surface area contributed by atoms with Gasteiger partial charge in [0.25, 0.3) is 0 Å². The Morgan fingerprint density at radius 3 is 2.15 bits per heavy atom. The summed E-state index contributed by atoms with van der Waals surface area (Å²) < 4.78 is 0. The first-order chi connectivity index (χ1) is 9.74. The van der Waals surface area contributed by atoms with E-state index in [1.165, 1.54) is 44.9 Å². The van der Waals surface area contributed by atoms with Gasteiger partial charge in [-0.15, -0.1) is 0 Å². The van der Waals surface area contributed by atoms with Crippen molar-refractivity contribution in [2.75, 3.05) is 6.54 Å². The zero-order chi connectivity index (χ0) is 14.6. The molecule has 0 bridgehead atoms. The lowest BCUT2D eigenvalue weighted by Gasteiger charge is -2.10. The van der Waals surface area contributed by atoms with Crippen LogP contribution in [-0.4, -0.2) is 23.7 Å². The van der Waals surface area contributed by atoms with Crippen molar-refractivity contribution < 1.29 is 9.90 Å². The van der Waals surface area contributed by atoms with Crippen LogP contribution in [0.15, 0.2) is 0 Å². The standard InChI is InChI=1S/C17H33NO2/c1-2-3-4-5-6-7-8-9-10-11-17(20)18-14-16(19)15-12-13-15/h15-16,19H,2-14H2,1H3,(H,18,20). The fourth-order valence-electron chi connectivity index (χ4n) is 2.55. The normalized spacial score (nSPS) is 16.1. The summed E-state index contributed by atoms with van der Waals surface area (Å²) in [5, 5.41) is 12.5. The van der Waals surface area contributed by atoms with Gasteiger partial charge in [-0.3, -0.25) is 4.79 Å². The molecule has 20 heavy (non-hydrogen) atoms. The first-order valence-electron chi connectivity index (χ1n) is 8.68. The quantitative estimate of drug-likeness (QED) is 0.505. The Bertz CT molecular complexity index is 251. The monoisotopic (exact) mass is 283 g/mol. The molecule has 3 nitrogen and oxygen atoms in total. The minimum Gasteiger partial charge on any atom is -0.391 e. The molecule has 118 valence electrons. The second-order valence-corrected chi connectivity index (χ2v) is 6.29. The van der Waals surface area contributed by atoms with E-state index in [1.54, 1.807) is 0 Å². The van der Waals surface area contributed by atoms with Gasteiger partial charge >= 0.3 is 0 Å². The van der Waals surface area contributed by atoms with Gasteiger partial charge in [0.2, 0.25) is 5.91 Å². The number of nitrogens with one attached hydrogen (secondary N) is 1. The van der Waals surface area contributed by atoms with E-state index >= 15 is 0 Å². The molecule has 0 aromatic heterocycles. The van der Waals surface area contributed by atoms with E-state index in [0.29, 0.717) is 18.9 Å².